The molecule has 114 valence electrons. The van der Waals surface area contributed by atoms with E-state index < -0.39 is 0 Å². The Bertz CT molecular complexity index is 220. The van der Waals surface area contributed by atoms with E-state index in [9.17, 15) is 0 Å². The molecule has 0 aliphatic heterocycles. The van der Waals surface area contributed by atoms with E-state index >= 15 is 0 Å². The van der Waals surface area contributed by atoms with E-state index in [1.807, 2.05) is 0 Å². The quantitative estimate of drug-likeness (QED) is 0.364. The summed E-state index contributed by atoms with van der Waals surface area (Å²) in [6.45, 7) is 16.3. The maximum absolute atomic E-state index is 4.61. The second-order valence-electron chi connectivity index (χ2n) is 5.25. The number of guanidine groups is 1. The van der Waals surface area contributed by atoms with Crippen molar-refractivity contribution in [1.29, 1.82) is 0 Å². The molecular weight excluding hydrogens is 236 g/mol. The molecule has 0 aromatic rings. The summed E-state index contributed by atoms with van der Waals surface area (Å²) >= 11 is 0. The monoisotopic (exact) mass is 270 g/mol. The van der Waals surface area contributed by atoms with Gasteiger partial charge in [-0.05, 0) is 59.7 Å². The maximum Gasteiger partial charge on any atom is 0.191 e. The summed E-state index contributed by atoms with van der Waals surface area (Å²) in [5, 5.41) is 6.62. The molecular formula is C15H34N4. The summed E-state index contributed by atoms with van der Waals surface area (Å²) in [5.74, 6) is 0.940. The van der Waals surface area contributed by atoms with Crippen LogP contribution in [0.3, 0.4) is 0 Å². The van der Waals surface area contributed by atoms with E-state index in [0.717, 1.165) is 32.0 Å². The minimum Gasteiger partial charge on any atom is -0.357 e. The van der Waals surface area contributed by atoms with Gasteiger partial charge in [-0.15, -0.1) is 0 Å². The molecule has 0 radical (unpaired) electrons. The van der Waals surface area contributed by atoms with E-state index in [1.54, 1.807) is 0 Å². The van der Waals surface area contributed by atoms with Crippen LogP contribution in [-0.4, -0.2) is 49.6 Å². The topological polar surface area (TPSA) is 39.7 Å². The van der Waals surface area contributed by atoms with Crippen LogP contribution in [0, 0.1) is 0 Å². The molecule has 0 heterocycles. The predicted molar refractivity (Wildman–Crippen MR) is 85.9 cm³/mol. The number of hydrogen-bond donors (Lipinski definition) is 2. The van der Waals surface area contributed by atoms with Crippen LogP contribution in [0.1, 0.15) is 53.9 Å². The van der Waals surface area contributed by atoms with Crippen molar-refractivity contribution < 1.29 is 0 Å². The normalized spacial score (nSPS) is 12.3. The summed E-state index contributed by atoms with van der Waals surface area (Å²) in [6, 6.07) is 0.425. The van der Waals surface area contributed by atoms with Crippen molar-refractivity contribution in [3.05, 3.63) is 0 Å². The van der Waals surface area contributed by atoms with Crippen molar-refractivity contribution in [2.24, 2.45) is 4.99 Å². The van der Waals surface area contributed by atoms with E-state index in [4.69, 9.17) is 0 Å². The first-order valence-electron chi connectivity index (χ1n) is 7.91. The molecule has 0 saturated carbocycles. The smallest absolute Gasteiger partial charge is 0.191 e. The molecule has 0 unspecified atom stereocenters. The lowest BCUT2D eigenvalue weighted by Gasteiger charge is -2.20. The van der Waals surface area contributed by atoms with Crippen LogP contribution in [0.5, 0.6) is 0 Å². The van der Waals surface area contributed by atoms with Gasteiger partial charge in [0.05, 0.1) is 0 Å². The summed E-state index contributed by atoms with van der Waals surface area (Å²) < 4.78 is 0. The summed E-state index contributed by atoms with van der Waals surface area (Å²) in [6.07, 6.45) is 3.61. The number of nitrogens with zero attached hydrogens (tertiary/aromatic N) is 2. The average molecular weight is 270 g/mol. The Morgan fingerprint density at radius 3 is 2.16 bits per heavy atom. The summed E-state index contributed by atoms with van der Waals surface area (Å²) in [4.78, 5) is 7.15. The third-order valence-corrected chi connectivity index (χ3v) is 2.75. The Morgan fingerprint density at radius 2 is 1.68 bits per heavy atom. The van der Waals surface area contributed by atoms with Crippen LogP contribution < -0.4 is 10.6 Å². The molecule has 0 spiro atoms. The molecule has 19 heavy (non-hydrogen) atoms. The standard InChI is InChI=1S/C15H34N4/c1-6-11-19(12-7-2)13-9-10-17-15(16-8-3)18-14(4)5/h14H,6-13H2,1-5H3,(H2,16,17,18). The van der Waals surface area contributed by atoms with Crippen LogP contribution in [0.2, 0.25) is 0 Å². The van der Waals surface area contributed by atoms with Crippen LogP contribution in [0.15, 0.2) is 4.99 Å². The largest absolute Gasteiger partial charge is 0.357 e. The second-order valence-corrected chi connectivity index (χ2v) is 5.25. The van der Waals surface area contributed by atoms with E-state index in [1.165, 1.54) is 25.9 Å². The Balaban J connectivity index is 3.99. The Kier molecular flexibility index (Phi) is 11.8. The van der Waals surface area contributed by atoms with Crippen molar-refractivity contribution >= 4 is 5.96 Å². The zero-order valence-corrected chi connectivity index (χ0v) is 13.6. The van der Waals surface area contributed by atoms with E-state index in [-0.39, 0.29) is 0 Å². The van der Waals surface area contributed by atoms with Gasteiger partial charge < -0.3 is 15.5 Å². The molecule has 0 amide bonds. The molecule has 0 atom stereocenters. The lowest BCUT2D eigenvalue weighted by Crippen LogP contribution is -2.41. The molecule has 2 N–H and O–H groups in total. The van der Waals surface area contributed by atoms with Gasteiger partial charge >= 0.3 is 0 Å². The van der Waals surface area contributed by atoms with Crippen molar-refractivity contribution in [3.63, 3.8) is 0 Å². The molecule has 0 saturated heterocycles. The number of nitrogens with one attached hydrogen (secondary N) is 2. The van der Waals surface area contributed by atoms with E-state index in [0.29, 0.717) is 6.04 Å². The SMILES string of the molecule is CCCN(CCC)CCCN=C(NCC)NC(C)C. The van der Waals surface area contributed by atoms with Gasteiger partial charge in [0.15, 0.2) is 5.96 Å². The van der Waals surface area contributed by atoms with Gasteiger partial charge in [0.1, 0.15) is 0 Å². The van der Waals surface area contributed by atoms with Gasteiger partial charge in [0.2, 0.25) is 0 Å². The highest BCUT2D eigenvalue weighted by Crippen LogP contribution is 1.96. The fourth-order valence-electron chi connectivity index (χ4n) is 2.05. The van der Waals surface area contributed by atoms with Gasteiger partial charge in [0.25, 0.3) is 0 Å². The highest BCUT2D eigenvalue weighted by Gasteiger charge is 2.02. The van der Waals surface area contributed by atoms with Crippen molar-refractivity contribution in [2.45, 2.75) is 59.9 Å². The number of rotatable bonds is 10. The third-order valence-electron chi connectivity index (χ3n) is 2.75. The fraction of sp³-hybridized carbons (Fsp3) is 0.933. The van der Waals surface area contributed by atoms with Gasteiger partial charge in [-0.3, -0.25) is 4.99 Å². The first kappa shape index (κ1) is 18.2. The molecule has 0 rings (SSSR count). The minimum atomic E-state index is 0.425. The first-order chi connectivity index (χ1) is 9.13. The van der Waals surface area contributed by atoms with Gasteiger partial charge in [-0.25, -0.2) is 0 Å². The Labute approximate surface area is 120 Å². The lowest BCUT2D eigenvalue weighted by atomic mass is 10.3. The minimum absolute atomic E-state index is 0.425. The predicted octanol–water partition coefficient (Wildman–Crippen LogP) is 2.46. The van der Waals surface area contributed by atoms with Crippen LogP contribution in [0.4, 0.5) is 0 Å². The molecule has 0 aliphatic carbocycles. The number of hydrogen-bond acceptors (Lipinski definition) is 2. The molecule has 0 aromatic carbocycles. The summed E-state index contributed by atoms with van der Waals surface area (Å²) in [7, 11) is 0. The zero-order valence-electron chi connectivity index (χ0n) is 13.6. The van der Waals surface area contributed by atoms with Gasteiger partial charge in [-0.1, -0.05) is 13.8 Å². The van der Waals surface area contributed by atoms with Crippen LogP contribution >= 0.6 is 0 Å². The van der Waals surface area contributed by atoms with E-state index in [2.05, 4.69) is 55.1 Å². The molecule has 0 aromatic heterocycles. The lowest BCUT2D eigenvalue weighted by molar-refractivity contribution is 0.273. The Morgan fingerprint density at radius 1 is 1.05 bits per heavy atom. The van der Waals surface area contributed by atoms with Crippen molar-refractivity contribution in [1.82, 2.24) is 15.5 Å². The number of aliphatic imine (C=N–C) groups is 1. The fourth-order valence-corrected chi connectivity index (χ4v) is 2.05. The molecule has 0 bridgehead atoms. The van der Waals surface area contributed by atoms with Crippen molar-refractivity contribution in [3.8, 4) is 0 Å². The highest BCUT2D eigenvalue weighted by atomic mass is 15.2. The highest BCUT2D eigenvalue weighted by molar-refractivity contribution is 5.79. The van der Waals surface area contributed by atoms with Crippen LogP contribution in [0.25, 0.3) is 0 Å². The zero-order chi connectivity index (χ0) is 14.5. The average Bonchev–Trinajstić information content (AvgIpc) is 2.34. The molecule has 4 heteroatoms. The van der Waals surface area contributed by atoms with Gasteiger partial charge in [0, 0.05) is 19.1 Å². The molecule has 0 aliphatic rings. The van der Waals surface area contributed by atoms with Gasteiger partial charge in [-0.2, -0.15) is 0 Å². The molecule has 0 fully saturated rings. The maximum atomic E-state index is 4.61. The molecule has 4 nitrogen and oxygen atoms in total. The third kappa shape index (κ3) is 10.8. The van der Waals surface area contributed by atoms with Crippen LogP contribution in [-0.2, 0) is 0 Å². The second kappa shape index (κ2) is 12.3. The Hall–Kier alpha value is -0.770. The first-order valence-corrected chi connectivity index (χ1v) is 7.91. The summed E-state index contributed by atoms with van der Waals surface area (Å²) in [5.41, 5.74) is 0. The van der Waals surface area contributed by atoms with Crippen molar-refractivity contribution in [2.75, 3.05) is 32.7 Å².